The number of nitrogens with one attached hydrogen (secondary N) is 2. The van der Waals surface area contributed by atoms with Gasteiger partial charge in [-0.2, -0.15) is 0 Å². The zero-order valence-corrected chi connectivity index (χ0v) is 20.9. The lowest BCUT2D eigenvalue weighted by atomic mass is 10.0. The van der Waals surface area contributed by atoms with E-state index in [0.29, 0.717) is 6.04 Å². The van der Waals surface area contributed by atoms with Crippen molar-refractivity contribution in [3.8, 4) is 5.75 Å². The maximum absolute atomic E-state index is 11.9. The molecular formula is C25H37Cl2N3O2. The van der Waals surface area contributed by atoms with Gasteiger partial charge in [0, 0.05) is 24.7 Å². The van der Waals surface area contributed by atoms with Gasteiger partial charge in [-0.1, -0.05) is 42.5 Å². The van der Waals surface area contributed by atoms with Gasteiger partial charge in [0.1, 0.15) is 5.75 Å². The molecule has 0 spiro atoms. The van der Waals surface area contributed by atoms with Gasteiger partial charge in [0.05, 0.1) is 0 Å². The minimum atomic E-state index is -0.242. The monoisotopic (exact) mass is 481 g/mol. The number of ether oxygens (including phenoxy) is 1. The van der Waals surface area contributed by atoms with Gasteiger partial charge in [0.2, 0.25) is 0 Å². The fourth-order valence-electron chi connectivity index (χ4n) is 3.71. The van der Waals surface area contributed by atoms with Crippen LogP contribution >= 0.6 is 24.8 Å². The molecule has 178 valence electrons. The third-order valence-corrected chi connectivity index (χ3v) is 5.24. The molecule has 32 heavy (non-hydrogen) atoms. The molecule has 3 rings (SSSR count). The molecule has 0 atom stereocenters. The fraction of sp³-hybridized carbons (Fsp3) is 0.480. The Morgan fingerprint density at radius 2 is 1.59 bits per heavy atom. The Morgan fingerprint density at radius 1 is 0.969 bits per heavy atom. The van der Waals surface area contributed by atoms with Gasteiger partial charge < -0.3 is 15.4 Å². The van der Waals surface area contributed by atoms with E-state index in [-0.39, 0.29) is 42.9 Å². The Balaban J connectivity index is 0.00000256. The molecule has 1 amide bonds. The molecule has 2 N–H and O–H groups in total. The number of amides is 1. The average Bonchev–Trinajstić information content (AvgIpc) is 2.72. The van der Waals surface area contributed by atoms with Crippen molar-refractivity contribution in [3.63, 3.8) is 0 Å². The predicted octanol–water partition coefficient (Wildman–Crippen LogP) is 4.58. The van der Waals surface area contributed by atoms with Gasteiger partial charge >= 0.3 is 0 Å². The number of piperidine rings is 1. The molecule has 0 bridgehead atoms. The third-order valence-electron chi connectivity index (χ3n) is 5.24. The first kappa shape index (κ1) is 28.2. The molecular weight excluding hydrogens is 445 g/mol. The van der Waals surface area contributed by atoms with Crippen molar-refractivity contribution in [3.05, 3.63) is 65.7 Å². The van der Waals surface area contributed by atoms with E-state index in [1.807, 2.05) is 32.9 Å². The van der Waals surface area contributed by atoms with E-state index in [9.17, 15) is 4.79 Å². The summed E-state index contributed by atoms with van der Waals surface area (Å²) in [7, 11) is 0. The van der Waals surface area contributed by atoms with E-state index in [2.05, 4.69) is 58.0 Å². The second kappa shape index (κ2) is 13.7. The lowest BCUT2D eigenvalue weighted by Gasteiger charge is -2.32. The molecule has 0 unspecified atom stereocenters. The topological polar surface area (TPSA) is 53.6 Å². The Morgan fingerprint density at radius 3 is 2.19 bits per heavy atom. The van der Waals surface area contributed by atoms with Crippen molar-refractivity contribution < 1.29 is 9.53 Å². The van der Waals surface area contributed by atoms with Crippen LogP contribution in [-0.4, -0.2) is 42.1 Å². The standard InChI is InChI=1S/C25H35N3O2.2ClH/c1-25(2,3)27-24(29)19-30-23-11-9-20(10-12-23)17-26-22-13-15-28(16-14-22)18-21-7-5-4-6-8-21;;/h4-12,22,26H,13-19H2,1-3H3,(H,27,29);2*1H. The first-order valence-electron chi connectivity index (χ1n) is 10.9. The highest BCUT2D eigenvalue weighted by molar-refractivity contribution is 5.85. The van der Waals surface area contributed by atoms with E-state index in [1.54, 1.807) is 0 Å². The molecule has 0 aliphatic carbocycles. The van der Waals surface area contributed by atoms with Crippen molar-refractivity contribution in [2.45, 2.75) is 58.3 Å². The summed E-state index contributed by atoms with van der Waals surface area (Å²) in [5.41, 5.74) is 2.38. The van der Waals surface area contributed by atoms with Gasteiger partial charge in [0.25, 0.3) is 5.91 Å². The third kappa shape index (κ3) is 10.2. The minimum absolute atomic E-state index is 0. The zero-order valence-electron chi connectivity index (χ0n) is 19.3. The van der Waals surface area contributed by atoms with Crippen LogP contribution in [0.4, 0.5) is 0 Å². The Bertz CT molecular complexity index is 787. The Kier molecular flexibility index (Phi) is 12.1. The molecule has 2 aromatic carbocycles. The van der Waals surface area contributed by atoms with Crippen LogP contribution in [0.3, 0.4) is 0 Å². The first-order valence-corrected chi connectivity index (χ1v) is 10.9. The number of rotatable bonds is 8. The zero-order chi connectivity index (χ0) is 21.4. The summed E-state index contributed by atoms with van der Waals surface area (Å²) in [6.45, 7) is 10.1. The van der Waals surface area contributed by atoms with Crippen LogP contribution in [0, 0.1) is 0 Å². The number of carbonyl (C=O) groups excluding carboxylic acids is 1. The van der Waals surface area contributed by atoms with E-state index < -0.39 is 0 Å². The van der Waals surface area contributed by atoms with Crippen molar-refractivity contribution >= 4 is 30.7 Å². The number of benzene rings is 2. The van der Waals surface area contributed by atoms with Crippen molar-refractivity contribution in [2.24, 2.45) is 0 Å². The Labute approximate surface area is 205 Å². The summed E-state index contributed by atoms with van der Waals surface area (Å²) in [6, 6.07) is 19.3. The van der Waals surface area contributed by atoms with Gasteiger partial charge in [-0.25, -0.2) is 0 Å². The number of carbonyl (C=O) groups is 1. The molecule has 0 radical (unpaired) electrons. The van der Waals surface area contributed by atoms with Crippen LogP contribution in [0.2, 0.25) is 0 Å². The van der Waals surface area contributed by atoms with Crippen LogP contribution in [0.1, 0.15) is 44.7 Å². The first-order chi connectivity index (χ1) is 14.4. The summed E-state index contributed by atoms with van der Waals surface area (Å²) in [6.07, 6.45) is 2.35. The van der Waals surface area contributed by atoms with Crippen LogP contribution in [-0.2, 0) is 17.9 Å². The number of nitrogens with zero attached hydrogens (tertiary/aromatic N) is 1. The number of halogens is 2. The summed E-state index contributed by atoms with van der Waals surface area (Å²) in [4.78, 5) is 14.4. The number of hydrogen-bond donors (Lipinski definition) is 2. The lowest BCUT2D eigenvalue weighted by molar-refractivity contribution is -0.124. The molecule has 1 heterocycles. The Hall–Kier alpha value is -1.79. The number of likely N-dealkylation sites (tertiary alicyclic amines) is 1. The van der Waals surface area contributed by atoms with E-state index in [0.717, 1.165) is 31.9 Å². The SMILES string of the molecule is CC(C)(C)NC(=O)COc1ccc(CNC2CCN(Cc3ccccc3)CC2)cc1.Cl.Cl. The molecule has 1 saturated heterocycles. The predicted molar refractivity (Wildman–Crippen MR) is 136 cm³/mol. The van der Waals surface area contributed by atoms with E-state index >= 15 is 0 Å². The van der Waals surface area contributed by atoms with Crippen LogP contribution < -0.4 is 15.4 Å². The molecule has 1 aliphatic rings. The summed E-state index contributed by atoms with van der Waals surface area (Å²) in [5.74, 6) is 0.615. The highest BCUT2D eigenvalue weighted by Crippen LogP contribution is 2.16. The van der Waals surface area contributed by atoms with Gasteiger partial charge in [0.15, 0.2) is 6.61 Å². The smallest absolute Gasteiger partial charge is 0.258 e. The van der Waals surface area contributed by atoms with Crippen LogP contribution in [0.15, 0.2) is 54.6 Å². The maximum Gasteiger partial charge on any atom is 0.258 e. The molecule has 0 aromatic heterocycles. The molecule has 2 aromatic rings. The van der Waals surface area contributed by atoms with Crippen LogP contribution in [0.5, 0.6) is 5.75 Å². The highest BCUT2D eigenvalue weighted by Gasteiger charge is 2.18. The second-order valence-electron chi connectivity index (χ2n) is 9.15. The molecule has 1 aliphatic heterocycles. The van der Waals surface area contributed by atoms with Crippen molar-refractivity contribution in [2.75, 3.05) is 19.7 Å². The van der Waals surface area contributed by atoms with Crippen LogP contribution in [0.25, 0.3) is 0 Å². The van der Waals surface area contributed by atoms with E-state index in [1.165, 1.54) is 24.0 Å². The van der Waals surface area contributed by atoms with Crippen molar-refractivity contribution in [1.82, 2.24) is 15.5 Å². The maximum atomic E-state index is 11.9. The second-order valence-corrected chi connectivity index (χ2v) is 9.15. The van der Waals surface area contributed by atoms with E-state index in [4.69, 9.17) is 4.74 Å². The molecule has 5 nitrogen and oxygen atoms in total. The number of hydrogen-bond acceptors (Lipinski definition) is 4. The normalized spacial score (nSPS) is 14.7. The van der Waals surface area contributed by atoms with Gasteiger partial charge in [-0.15, -0.1) is 24.8 Å². The quantitative estimate of drug-likeness (QED) is 0.579. The largest absolute Gasteiger partial charge is 0.484 e. The summed E-state index contributed by atoms with van der Waals surface area (Å²) >= 11 is 0. The van der Waals surface area contributed by atoms with Gasteiger partial charge in [-0.3, -0.25) is 9.69 Å². The lowest BCUT2D eigenvalue weighted by Crippen LogP contribution is -2.43. The molecule has 1 fully saturated rings. The molecule has 0 saturated carbocycles. The minimum Gasteiger partial charge on any atom is -0.484 e. The summed E-state index contributed by atoms with van der Waals surface area (Å²) < 4.78 is 5.59. The molecule has 7 heteroatoms. The highest BCUT2D eigenvalue weighted by atomic mass is 35.5. The van der Waals surface area contributed by atoms with Gasteiger partial charge in [-0.05, 0) is 70.0 Å². The summed E-state index contributed by atoms with van der Waals surface area (Å²) in [5, 5.41) is 6.58. The average molecular weight is 482 g/mol. The van der Waals surface area contributed by atoms with Crippen molar-refractivity contribution in [1.29, 1.82) is 0 Å². The fourth-order valence-corrected chi connectivity index (χ4v) is 3.71.